The van der Waals surface area contributed by atoms with Crippen molar-refractivity contribution in [3.05, 3.63) is 71.3 Å². The lowest BCUT2D eigenvalue weighted by atomic mass is 9.87. The molecule has 0 aliphatic heterocycles. The van der Waals surface area contributed by atoms with E-state index in [0.29, 0.717) is 6.54 Å². The highest BCUT2D eigenvalue weighted by molar-refractivity contribution is 6.33. The van der Waals surface area contributed by atoms with Gasteiger partial charge in [-0.05, 0) is 42.3 Å². The molecule has 3 rings (SSSR count). The number of hydrogen-bond acceptors (Lipinski definition) is 3. The number of aryl methyl sites for hydroxylation is 1. The van der Waals surface area contributed by atoms with E-state index in [9.17, 15) is 0 Å². The lowest BCUT2D eigenvalue weighted by Gasteiger charge is -2.22. The molecule has 0 aliphatic rings. The molecule has 0 saturated carbocycles. The minimum Gasteiger partial charge on any atom is -0.330 e. The molecule has 0 spiro atoms. The quantitative estimate of drug-likeness (QED) is 0.718. The van der Waals surface area contributed by atoms with Crippen LogP contribution < -0.4 is 5.73 Å². The molecule has 25 heavy (non-hydrogen) atoms. The van der Waals surface area contributed by atoms with Crippen LogP contribution in [-0.2, 0) is 5.41 Å². The van der Waals surface area contributed by atoms with Gasteiger partial charge in [0.05, 0.1) is 0 Å². The second kappa shape index (κ2) is 6.95. The molecule has 128 valence electrons. The first kappa shape index (κ1) is 17.6. The number of benzene rings is 1. The van der Waals surface area contributed by atoms with Gasteiger partial charge in [0.1, 0.15) is 0 Å². The van der Waals surface area contributed by atoms with E-state index < -0.39 is 0 Å². The fourth-order valence-corrected chi connectivity index (χ4v) is 3.03. The van der Waals surface area contributed by atoms with Gasteiger partial charge in [-0.25, -0.2) is 0 Å². The molecule has 2 heterocycles. The Hall–Kier alpha value is -2.23. The zero-order valence-electron chi connectivity index (χ0n) is 14.8. The normalized spacial score (nSPS) is 11.6. The van der Waals surface area contributed by atoms with Crippen molar-refractivity contribution in [1.82, 2.24) is 9.97 Å². The Morgan fingerprint density at radius 3 is 2.48 bits per heavy atom. The third kappa shape index (κ3) is 3.73. The summed E-state index contributed by atoms with van der Waals surface area (Å²) < 4.78 is 0. The third-order valence-electron chi connectivity index (χ3n) is 4.47. The molecule has 4 heteroatoms. The highest BCUT2D eigenvalue weighted by Gasteiger charge is 2.20. The summed E-state index contributed by atoms with van der Waals surface area (Å²) >= 11 is 6.41. The number of halogens is 1. The minimum absolute atomic E-state index is 0.165. The van der Waals surface area contributed by atoms with E-state index in [0.717, 1.165) is 38.5 Å². The van der Waals surface area contributed by atoms with Gasteiger partial charge < -0.3 is 5.73 Å². The van der Waals surface area contributed by atoms with Crippen LogP contribution in [0, 0.1) is 6.92 Å². The zero-order chi connectivity index (χ0) is 18.0. The first-order valence-electron chi connectivity index (χ1n) is 8.29. The van der Waals surface area contributed by atoms with Gasteiger partial charge in [0, 0.05) is 58.0 Å². The van der Waals surface area contributed by atoms with E-state index in [2.05, 4.69) is 42.0 Å². The molecule has 0 atom stereocenters. The largest absolute Gasteiger partial charge is 0.330 e. The molecule has 1 aromatic carbocycles. The van der Waals surface area contributed by atoms with Crippen molar-refractivity contribution in [2.24, 2.45) is 5.73 Å². The summed E-state index contributed by atoms with van der Waals surface area (Å²) in [7, 11) is 0. The van der Waals surface area contributed by atoms with E-state index in [4.69, 9.17) is 17.3 Å². The second-order valence-electron chi connectivity index (χ2n) is 6.96. The Kier molecular flexibility index (Phi) is 4.89. The van der Waals surface area contributed by atoms with Crippen LogP contribution in [0.4, 0.5) is 0 Å². The molecule has 2 N–H and O–H groups in total. The standard InChI is InChI=1S/C21H22ClN3/c1-14-4-5-18(19(22)8-14)17-9-16(11-24-12-17)15-6-7-25-20(10-15)21(2,3)13-23/h4-12H,13,23H2,1-3H3. The summed E-state index contributed by atoms with van der Waals surface area (Å²) in [5.41, 5.74) is 11.9. The number of nitrogens with two attached hydrogens (primary N) is 1. The predicted octanol–water partition coefficient (Wildman–Crippen LogP) is 5.01. The molecule has 3 aromatic rings. The first-order chi connectivity index (χ1) is 11.9. The summed E-state index contributed by atoms with van der Waals surface area (Å²) in [4.78, 5) is 8.90. The molecular weight excluding hydrogens is 330 g/mol. The van der Waals surface area contributed by atoms with Crippen LogP contribution in [0.25, 0.3) is 22.3 Å². The van der Waals surface area contributed by atoms with Crippen LogP contribution in [0.2, 0.25) is 5.02 Å². The van der Waals surface area contributed by atoms with Crippen molar-refractivity contribution in [3.63, 3.8) is 0 Å². The van der Waals surface area contributed by atoms with Crippen LogP contribution >= 0.6 is 11.6 Å². The van der Waals surface area contributed by atoms with Gasteiger partial charge in [-0.15, -0.1) is 0 Å². The predicted molar refractivity (Wildman–Crippen MR) is 105 cm³/mol. The SMILES string of the molecule is Cc1ccc(-c2cncc(-c3ccnc(C(C)(C)CN)c3)c2)c(Cl)c1. The number of aromatic nitrogens is 2. The Morgan fingerprint density at radius 2 is 1.76 bits per heavy atom. The maximum Gasteiger partial charge on any atom is 0.0487 e. The van der Waals surface area contributed by atoms with Crippen molar-refractivity contribution in [1.29, 1.82) is 0 Å². The number of nitrogens with zero attached hydrogens (tertiary/aromatic N) is 2. The van der Waals surface area contributed by atoms with Gasteiger partial charge in [0.2, 0.25) is 0 Å². The first-order valence-corrected chi connectivity index (χ1v) is 8.67. The van der Waals surface area contributed by atoms with Crippen LogP contribution in [0.15, 0.2) is 55.0 Å². The van der Waals surface area contributed by atoms with E-state index in [-0.39, 0.29) is 5.41 Å². The Balaban J connectivity index is 2.04. The Labute approximate surface area is 153 Å². The van der Waals surface area contributed by atoms with Crippen molar-refractivity contribution in [2.45, 2.75) is 26.2 Å². The van der Waals surface area contributed by atoms with E-state index >= 15 is 0 Å². The van der Waals surface area contributed by atoms with Crippen molar-refractivity contribution in [2.75, 3.05) is 6.54 Å². The summed E-state index contributed by atoms with van der Waals surface area (Å²) in [6.45, 7) is 6.77. The maximum absolute atomic E-state index is 6.41. The van der Waals surface area contributed by atoms with Gasteiger partial charge in [-0.2, -0.15) is 0 Å². The van der Waals surface area contributed by atoms with Crippen LogP contribution in [0.3, 0.4) is 0 Å². The van der Waals surface area contributed by atoms with E-state index in [1.165, 1.54) is 0 Å². The average molecular weight is 352 g/mol. The van der Waals surface area contributed by atoms with Crippen molar-refractivity contribution in [3.8, 4) is 22.3 Å². The fourth-order valence-electron chi connectivity index (χ4n) is 2.68. The smallest absolute Gasteiger partial charge is 0.0487 e. The average Bonchev–Trinajstić information content (AvgIpc) is 2.62. The molecule has 0 bridgehead atoms. The Morgan fingerprint density at radius 1 is 1.00 bits per heavy atom. The fraction of sp³-hybridized carbons (Fsp3) is 0.238. The molecule has 0 radical (unpaired) electrons. The third-order valence-corrected chi connectivity index (χ3v) is 4.78. The molecule has 2 aromatic heterocycles. The topological polar surface area (TPSA) is 51.8 Å². The lowest BCUT2D eigenvalue weighted by molar-refractivity contribution is 0.522. The summed E-state index contributed by atoms with van der Waals surface area (Å²) in [5, 5.41) is 0.735. The van der Waals surface area contributed by atoms with Crippen molar-refractivity contribution >= 4 is 11.6 Å². The Bertz CT molecular complexity index is 903. The monoisotopic (exact) mass is 351 g/mol. The summed E-state index contributed by atoms with van der Waals surface area (Å²) in [6, 6.07) is 12.3. The van der Waals surface area contributed by atoms with Crippen molar-refractivity contribution < 1.29 is 0 Å². The summed E-state index contributed by atoms with van der Waals surface area (Å²) in [6.07, 6.45) is 5.53. The second-order valence-corrected chi connectivity index (χ2v) is 7.37. The molecule has 0 amide bonds. The molecule has 0 fully saturated rings. The lowest BCUT2D eigenvalue weighted by Crippen LogP contribution is -2.29. The highest BCUT2D eigenvalue weighted by atomic mass is 35.5. The maximum atomic E-state index is 6.41. The van der Waals surface area contributed by atoms with E-state index in [1.807, 2.05) is 43.7 Å². The zero-order valence-corrected chi connectivity index (χ0v) is 15.5. The van der Waals surface area contributed by atoms with Gasteiger partial charge in [-0.1, -0.05) is 37.6 Å². The highest BCUT2D eigenvalue weighted by Crippen LogP contribution is 2.32. The summed E-state index contributed by atoms with van der Waals surface area (Å²) in [5.74, 6) is 0. The molecular formula is C21H22ClN3. The van der Waals surface area contributed by atoms with Gasteiger partial charge in [-0.3, -0.25) is 9.97 Å². The van der Waals surface area contributed by atoms with Crippen LogP contribution in [0.1, 0.15) is 25.1 Å². The number of hydrogen-bond donors (Lipinski definition) is 1. The van der Waals surface area contributed by atoms with Crippen LogP contribution in [-0.4, -0.2) is 16.5 Å². The molecule has 3 nitrogen and oxygen atoms in total. The molecule has 0 unspecified atom stereocenters. The van der Waals surface area contributed by atoms with E-state index in [1.54, 1.807) is 0 Å². The van der Waals surface area contributed by atoms with Crippen LogP contribution in [0.5, 0.6) is 0 Å². The number of pyridine rings is 2. The molecule has 0 saturated heterocycles. The van der Waals surface area contributed by atoms with Gasteiger partial charge in [0.25, 0.3) is 0 Å². The molecule has 0 aliphatic carbocycles. The van der Waals surface area contributed by atoms with Gasteiger partial charge in [0.15, 0.2) is 0 Å². The minimum atomic E-state index is -0.165. The van der Waals surface area contributed by atoms with Gasteiger partial charge >= 0.3 is 0 Å². The number of rotatable bonds is 4.